The summed E-state index contributed by atoms with van der Waals surface area (Å²) in [5.41, 5.74) is 7.74. The molecule has 0 spiro atoms. The molecule has 0 aliphatic carbocycles. The number of nitrogen functional groups attached to an aromatic ring is 1. The molecular weight excluding hydrogens is 238 g/mol. The van der Waals surface area contributed by atoms with Crippen LogP contribution < -0.4 is 10.5 Å². The second kappa shape index (κ2) is 4.57. The molecule has 0 unspecified atom stereocenters. The average molecular weight is 251 g/mol. The first-order chi connectivity index (χ1) is 9.28. The van der Waals surface area contributed by atoms with Gasteiger partial charge in [-0.15, -0.1) is 0 Å². The molecule has 1 heterocycles. The Hall–Kier alpha value is -2.62. The highest BCUT2D eigenvalue weighted by atomic mass is 16.5. The highest BCUT2D eigenvalue weighted by Crippen LogP contribution is 2.24. The summed E-state index contributed by atoms with van der Waals surface area (Å²) in [6, 6.07) is 15.3. The molecule has 0 saturated heterocycles. The monoisotopic (exact) mass is 251 g/mol. The zero-order valence-corrected chi connectivity index (χ0v) is 10.5. The third kappa shape index (κ3) is 2.08. The van der Waals surface area contributed by atoms with Crippen LogP contribution in [0, 0.1) is 0 Å². The third-order valence-corrected chi connectivity index (χ3v) is 2.98. The topological polar surface area (TPSA) is 61.0 Å². The van der Waals surface area contributed by atoms with E-state index in [2.05, 4.69) is 9.97 Å². The van der Waals surface area contributed by atoms with E-state index in [0.717, 1.165) is 22.2 Å². The lowest BCUT2D eigenvalue weighted by atomic mass is 10.2. The standard InChI is InChI=1S/C15H13N3O/c1-19-11-8-6-10(7-9-11)15-17-13-5-3-2-4-12(13)14(16)18-15/h2-9H,1H3,(H2,16,17,18). The molecule has 0 fully saturated rings. The molecule has 1 aromatic heterocycles. The summed E-state index contributed by atoms with van der Waals surface area (Å²) in [5, 5.41) is 0.875. The van der Waals surface area contributed by atoms with Gasteiger partial charge in [0.25, 0.3) is 0 Å². The van der Waals surface area contributed by atoms with Gasteiger partial charge in [-0.05, 0) is 36.4 Å². The van der Waals surface area contributed by atoms with Crippen LogP contribution in [0.5, 0.6) is 5.75 Å². The van der Waals surface area contributed by atoms with Crippen molar-refractivity contribution in [2.75, 3.05) is 12.8 Å². The molecule has 0 aliphatic rings. The lowest BCUT2D eigenvalue weighted by Crippen LogP contribution is -1.97. The van der Waals surface area contributed by atoms with Crippen molar-refractivity contribution in [3.05, 3.63) is 48.5 Å². The molecule has 94 valence electrons. The minimum absolute atomic E-state index is 0.497. The summed E-state index contributed by atoms with van der Waals surface area (Å²) < 4.78 is 5.13. The van der Waals surface area contributed by atoms with E-state index in [1.54, 1.807) is 7.11 Å². The summed E-state index contributed by atoms with van der Waals surface area (Å²) in [6.07, 6.45) is 0. The van der Waals surface area contributed by atoms with Crippen LogP contribution in [0.4, 0.5) is 5.82 Å². The van der Waals surface area contributed by atoms with Crippen LogP contribution in [-0.4, -0.2) is 17.1 Å². The van der Waals surface area contributed by atoms with Crippen LogP contribution in [0.3, 0.4) is 0 Å². The van der Waals surface area contributed by atoms with E-state index in [9.17, 15) is 0 Å². The number of benzene rings is 2. The molecule has 2 N–H and O–H groups in total. The van der Waals surface area contributed by atoms with Crippen LogP contribution in [0.15, 0.2) is 48.5 Å². The van der Waals surface area contributed by atoms with Gasteiger partial charge in [0.1, 0.15) is 11.6 Å². The van der Waals surface area contributed by atoms with Crippen molar-refractivity contribution in [2.45, 2.75) is 0 Å². The number of hydrogen-bond donors (Lipinski definition) is 1. The predicted octanol–water partition coefficient (Wildman–Crippen LogP) is 2.89. The number of nitrogens with zero attached hydrogens (tertiary/aromatic N) is 2. The van der Waals surface area contributed by atoms with E-state index in [1.165, 1.54) is 0 Å². The Labute approximate surface area is 110 Å². The van der Waals surface area contributed by atoms with Crippen molar-refractivity contribution in [3.63, 3.8) is 0 Å². The average Bonchev–Trinajstić information content (AvgIpc) is 2.47. The van der Waals surface area contributed by atoms with Crippen LogP contribution in [0.2, 0.25) is 0 Å². The Morgan fingerprint density at radius 2 is 1.68 bits per heavy atom. The first-order valence-electron chi connectivity index (χ1n) is 5.94. The first-order valence-corrected chi connectivity index (χ1v) is 5.94. The Balaban J connectivity index is 2.14. The second-order valence-corrected chi connectivity index (χ2v) is 4.18. The van der Waals surface area contributed by atoms with Crippen LogP contribution in [0.1, 0.15) is 0 Å². The van der Waals surface area contributed by atoms with Crippen LogP contribution in [-0.2, 0) is 0 Å². The molecule has 19 heavy (non-hydrogen) atoms. The molecule has 0 saturated carbocycles. The van der Waals surface area contributed by atoms with Crippen molar-refractivity contribution >= 4 is 16.7 Å². The minimum Gasteiger partial charge on any atom is -0.497 e. The summed E-state index contributed by atoms with van der Waals surface area (Å²) in [4.78, 5) is 8.88. The fourth-order valence-corrected chi connectivity index (χ4v) is 1.97. The molecule has 0 radical (unpaired) electrons. The Morgan fingerprint density at radius 3 is 2.42 bits per heavy atom. The molecule has 3 aromatic rings. The number of aromatic nitrogens is 2. The second-order valence-electron chi connectivity index (χ2n) is 4.18. The van der Waals surface area contributed by atoms with Crippen molar-refractivity contribution in [1.82, 2.24) is 9.97 Å². The number of fused-ring (bicyclic) bond motifs is 1. The SMILES string of the molecule is COc1ccc(-c2nc(N)c3ccccc3n2)cc1. The maximum Gasteiger partial charge on any atom is 0.162 e. The zero-order chi connectivity index (χ0) is 13.2. The number of ether oxygens (including phenoxy) is 1. The highest BCUT2D eigenvalue weighted by molar-refractivity contribution is 5.89. The van der Waals surface area contributed by atoms with Gasteiger partial charge in [0.15, 0.2) is 5.82 Å². The van der Waals surface area contributed by atoms with Gasteiger partial charge in [0.05, 0.1) is 12.6 Å². The lowest BCUT2D eigenvalue weighted by Gasteiger charge is -2.06. The van der Waals surface area contributed by atoms with E-state index < -0.39 is 0 Å². The number of hydrogen-bond acceptors (Lipinski definition) is 4. The Morgan fingerprint density at radius 1 is 0.947 bits per heavy atom. The van der Waals surface area contributed by atoms with Crippen molar-refractivity contribution in [1.29, 1.82) is 0 Å². The lowest BCUT2D eigenvalue weighted by molar-refractivity contribution is 0.415. The van der Waals surface area contributed by atoms with E-state index in [-0.39, 0.29) is 0 Å². The minimum atomic E-state index is 0.497. The molecule has 4 heteroatoms. The number of anilines is 1. The van der Waals surface area contributed by atoms with E-state index in [0.29, 0.717) is 11.6 Å². The largest absolute Gasteiger partial charge is 0.497 e. The maximum absolute atomic E-state index is 5.97. The molecule has 0 amide bonds. The number of nitrogens with two attached hydrogens (primary N) is 1. The van der Waals surface area contributed by atoms with Gasteiger partial charge >= 0.3 is 0 Å². The summed E-state index contributed by atoms with van der Waals surface area (Å²) >= 11 is 0. The van der Waals surface area contributed by atoms with Gasteiger partial charge in [-0.2, -0.15) is 0 Å². The summed E-state index contributed by atoms with van der Waals surface area (Å²) in [7, 11) is 1.64. The predicted molar refractivity (Wildman–Crippen MR) is 75.9 cm³/mol. The molecule has 3 rings (SSSR count). The number of para-hydroxylation sites is 1. The quantitative estimate of drug-likeness (QED) is 0.760. The van der Waals surface area contributed by atoms with Crippen LogP contribution in [0.25, 0.3) is 22.3 Å². The molecule has 2 aromatic carbocycles. The van der Waals surface area contributed by atoms with Gasteiger partial charge in [0, 0.05) is 10.9 Å². The zero-order valence-electron chi connectivity index (χ0n) is 10.5. The van der Waals surface area contributed by atoms with Crippen molar-refractivity contribution in [2.24, 2.45) is 0 Å². The molecule has 0 aliphatic heterocycles. The highest BCUT2D eigenvalue weighted by Gasteiger charge is 2.06. The normalized spacial score (nSPS) is 10.6. The van der Waals surface area contributed by atoms with Gasteiger partial charge in [-0.25, -0.2) is 9.97 Å². The Bertz CT molecular complexity index is 723. The Kier molecular flexibility index (Phi) is 2.76. The van der Waals surface area contributed by atoms with Gasteiger partial charge in [-0.3, -0.25) is 0 Å². The van der Waals surface area contributed by atoms with E-state index in [4.69, 9.17) is 10.5 Å². The first kappa shape index (κ1) is 11.5. The smallest absolute Gasteiger partial charge is 0.162 e. The fourth-order valence-electron chi connectivity index (χ4n) is 1.97. The van der Waals surface area contributed by atoms with E-state index >= 15 is 0 Å². The van der Waals surface area contributed by atoms with Crippen molar-refractivity contribution < 1.29 is 4.74 Å². The van der Waals surface area contributed by atoms with Crippen molar-refractivity contribution in [3.8, 4) is 17.1 Å². The number of methoxy groups -OCH3 is 1. The number of rotatable bonds is 2. The van der Waals surface area contributed by atoms with Gasteiger partial charge in [-0.1, -0.05) is 12.1 Å². The maximum atomic E-state index is 5.97. The molecular formula is C15H13N3O. The fraction of sp³-hybridized carbons (Fsp3) is 0.0667. The van der Waals surface area contributed by atoms with E-state index in [1.807, 2.05) is 48.5 Å². The summed E-state index contributed by atoms with van der Waals surface area (Å²) in [6.45, 7) is 0. The van der Waals surface area contributed by atoms with Gasteiger partial charge in [0.2, 0.25) is 0 Å². The molecule has 4 nitrogen and oxygen atoms in total. The van der Waals surface area contributed by atoms with Crippen LogP contribution >= 0.6 is 0 Å². The molecule has 0 bridgehead atoms. The van der Waals surface area contributed by atoms with Gasteiger partial charge < -0.3 is 10.5 Å². The third-order valence-electron chi connectivity index (χ3n) is 2.98. The summed E-state index contributed by atoms with van der Waals surface area (Å²) in [5.74, 6) is 1.92. The molecule has 0 atom stereocenters.